The van der Waals surface area contributed by atoms with E-state index in [1.807, 2.05) is 6.07 Å². The van der Waals surface area contributed by atoms with E-state index in [9.17, 15) is 0 Å². The summed E-state index contributed by atoms with van der Waals surface area (Å²) in [4.78, 5) is 2.53. The van der Waals surface area contributed by atoms with Crippen LogP contribution >= 0.6 is 15.9 Å². The van der Waals surface area contributed by atoms with E-state index in [-0.39, 0.29) is 0 Å². The smallest absolute Gasteiger partial charge is 0.133 e. The van der Waals surface area contributed by atoms with Crippen molar-refractivity contribution in [3.63, 3.8) is 0 Å². The van der Waals surface area contributed by atoms with Gasteiger partial charge in [-0.2, -0.15) is 0 Å². The average Bonchev–Trinajstić information content (AvgIpc) is 2.49. The highest BCUT2D eigenvalue weighted by molar-refractivity contribution is 9.10. The van der Waals surface area contributed by atoms with Gasteiger partial charge in [-0.05, 0) is 71.4 Å². The molecule has 1 aromatic rings. The summed E-state index contributed by atoms with van der Waals surface area (Å²) in [5.74, 6) is 2.52. The Kier molecular flexibility index (Phi) is 6.08. The Morgan fingerprint density at radius 3 is 2.48 bits per heavy atom. The molecule has 0 spiro atoms. The Bertz CT molecular complexity index is 456. The maximum Gasteiger partial charge on any atom is 0.133 e. The molecule has 1 atom stereocenters. The number of rotatable bonds is 5. The van der Waals surface area contributed by atoms with Crippen LogP contribution in [0.3, 0.4) is 0 Å². The molecule has 0 amide bonds. The van der Waals surface area contributed by atoms with Gasteiger partial charge in [0.25, 0.3) is 0 Å². The first-order valence-corrected chi connectivity index (χ1v) is 8.63. The van der Waals surface area contributed by atoms with Crippen molar-refractivity contribution in [1.82, 2.24) is 4.90 Å². The van der Waals surface area contributed by atoms with Crippen LogP contribution in [-0.4, -0.2) is 31.6 Å². The van der Waals surface area contributed by atoms with Gasteiger partial charge in [-0.25, -0.2) is 0 Å². The van der Waals surface area contributed by atoms with Gasteiger partial charge in [0.1, 0.15) is 5.75 Å². The summed E-state index contributed by atoms with van der Waals surface area (Å²) in [5.41, 5.74) is 7.33. The van der Waals surface area contributed by atoms with Crippen molar-refractivity contribution in [3.8, 4) is 5.75 Å². The van der Waals surface area contributed by atoms with Crippen LogP contribution in [0.1, 0.15) is 38.3 Å². The molecule has 1 saturated heterocycles. The van der Waals surface area contributed by atoms with Gasteiger partial charge in [-0.1, -0.05) is 19.9 Å². The molecule has 21 heavy (non-hydrogen) atoms. The highest BCUT2D eigenvalue weighted by Crippen LogP contribution is 2.33. The predicted octanol–water partition coefficient (Wildman–Crippen LogP) is 3.83. The molecule has 1 heterocycles. The van der Waals surface area contributed by atoms with E-state index >= 15 is 0 Å². The third-order valence-electron chi connectivity index (χ3n) is 4.74. The fraction of sp³-hybridized carbons (Fsp3) is 0.647. The molecule has 2 N–H and O–H groups in total. The maximum absolute atomic E-state index is 6.06. The fourth-order valence-corrected chi connectivity index (χ4v) is 3.84. The van der Waals surface area contributed by atoms with E-state index < -0.39 is 0 Å². The lowest BCUT2D eigenvalue weighted by Crippen LogP contribution is -2.40. The van der Waals surface area contributed by atoms with E-state index in [1.54, 1.807) is 7.11 Å². The van der Waals surface area contributed by atoms with Crippen molar-refractivity contribution in [2.45, 2.75) is 32.7 Å². The number of hydrogen-bond donors (Lipinski definition) is 1. The zero-order valence-corrected chi connectivity index (χ0v) is 14.9. The van der Waals surface area contributed by atoms with Gasteiger partial charge >= 0.3 is 0 Å². The van der Waals surface area contributed by atoms with Crippen LogP contribution in [-0.2, 0) is 0 Å². The summed E-state index contributed by atoms with van der Waals surface area (Å²) in [6.07, 6.45) is 2.57. The number of benzene rings is 1. The van der Waals surface area contributed by atoms with Crippen LogP contribution < -0.4 is 10.5 Å². The van der Waals surface area contributed by atoms with Crippen molar-refractivity contribution in [2.75, 3.05) is 26.7 Å². The van der Waals surface area contributed by atoms with E-state index in [1.165, 1.54) is 18.4 Å². The summed E-state index contributed by atoms with van der Waals surface area (Å²) in [7, 11) is 1.69. The zero-order chi connectivity index (χ0) is 15.4. The second kappa shape index (κ2) is 7.61. The monoisotopic (exact) mass is 354 g/mol. The molecule has 0 saturated carbocycles. The van der Waals surface area contributed by atoms with Crippen LogP contribution in [0.15, 0.2) is 22.7 Å². The summed E-state index contributed by atoms with van der Waals surface area (Å²) in [6.45, 7) is 7.62. The van der Waals surface area contributed by atoms with Crippen LogP contribution in [0.4, 0.5) is 0 Å². The summed E-state index contributed by atoms with van der Waals surface area (Å²) < 4.78 is 6.31. The molecule has 1 aliphatic heterocycles. The summed E-state index contributed by atoms with van der Waals surface area (Å²) >= 11 is 3.57. The quantitative estimate of drug-likeness (QED) is 0.873. The molecule has 0 aliphatic carbocycles. The standard InChI is InChI=1S/C17H27BrN2O/c1-12(2)13-6-8-20(9-7-13)16(11-19)14-4-5-17(21-3)15(18)10-14/h4-5,10,12-13,16H,6-9,11,19H2,1-3H3. The summed E-state index contributed by atoms with van der Waals surface area (Å²) in [6, 6.07) is 6.60. The molecular formula is C17H27BrN2O. The number of ether oxygens (including phenoxy) is 1. The lowest BCUT2D eigenvalue weighted by molar-refractivity contribution is 0.117. The minimum absolute atomic E-state index is 0.306. The highest BCUT2D eigenvalue weighted by Gasteiger charge is 2.26. The lowest BCUT2D eigenvalue weighted by atomic mass is 9.86. The number of nitrogens with zero attached hydrogens (tertiary/aromatic N) is 1. The van der Waals surface area contributed by atoms with Crippen molar-refractivity contribution in [1.29, 1.82) is 0 Å². The van der Waals surface area contributed by atoms with E-state index in [2.05, 4.69) is 46.8 Å². The van der Waals surface area contributed by atoms with E-state index in [0.29, 0.717) is 12.6 Å². The van der Waals surface area contributed by atoms with Gasteiger partial charge in [0.15, 0.2) is 0 Å². The van der Waals surface area contributed by atoms with Gasteiger partial charge in [-0.15, -0.1) is 0 Å². The molecule has 2 rings (SSSR count). The van der Waals surface area contributed by atoms with Gasteiger partial charge in [0.05, 0.1) is 11.6 Å². The number of nitrogens with two attached hydrogens (primary N) is 1. The number of halogens is 1. The fourth-order valence-electron chi connectivity index (χ4n) is 3.28. The molecule has 0 aromatic heterocycles. The molecule has 1 unspecified atom stereocenters. The van der Waals surface area contributed by atoms with Crippen molar-refractivity contribution in [3.05, 3.63) is 28.2 Å². The van der Waals surface area contributed by atoms with Gasteiger partial charge in [-0.3, -0.25) is 4.90 Å². The van der Waals surface area contributed by atoms with E-state index in [0.717, 1.165) is 35.1 Å². The van der Waals surface area contributed by atoms with Gasteiger partial charge < -0.3 is 10.5 Å². The average molecular weight is 355 g/mol. The molecule has 1 fully saturated rings. The first-order chi connectivity index (χ1) is 10.1. The second-order valence-corrected chi connectivity index (χ2v) is 7.12. The van der Waals surface area contributed by atoms with E-state index in [4.69, 9.17) is 10.5 Å². The van der Waals surface area contributed by atoms with Crippen LogP contribution in [0.5, 0.6) is 5.75 Å². The highest BCUT2D eigenvalue weighted by atomic mass is 79.9. The maximum atomic E-state index is 6.06. The minimum atomic E-state index is 0.306. The summed E-state index contributed by atoms with van der Waals surface area (Å²) in [5, 5.41) is 0. The van der Waals surface area contributed by atoms with Crippen LogP contribution in [0.25, 0.3) is 0 Å². The first kappa shape index (κ1) is 16.8. The molecule has 1 aliphatic rings. The topological polar surface area (TPSA) is 38.5 Å². The SMILES string of the molecule is COc1ccc(C(CN)N2CCC(C(C)C)CC2)cc1Br. The number of hydrogen-bond acceptors (Lipinski definition) is 3. The number of piperidine rings is 1. The van der Waals surface area contributed by atoms with Crippen LogP contribution in [0, 0.1) is 11.8 Å². The second-order valence-electron chi connectivity index (χ2n) is 6.26. The van der Waals surface area contributed by atoms with Crippen molar-refractivity contribution >= 4 is 15.9 Å². The predicted molar refractivity (Wildman–Crippen MR) is 91.6 cm³/mol. The molecule has 118 valence electrons. The third-order valence-corrected chi connectivity index (χ3v) is 5.36. The molecule has 0 bridgehead atoms. The zero-order valence-electron chi connectivity index (χ0n) is 13.3. The Balaban J connectivity index is 2.08. The van der Waals surface area contributed by atoms with Gasteiger partial charge in [0.2, 0.25) is 0 Å². The normalized spacial score (nSPS) is 19.0. The Hall–Kier alpha value is -0.580. The first-order valence-electron chi connectivity index (χ1n) is 7.84. The molecule has 4 heteroatoms. The molecule has 0 radical (unpaired) electrons. The Morgan fingerprint density at radius 1 is 1.33 bits per heavy atom. The Morgan fingerprint density at radius 2 is 2.00 bits per heavy atom. The lowest BCUT2D eigenvalue weighted by Gasteiger charge is -2.38. The van der Waals surface area contributed by atoms with Crippen LogP contribution in [0.2, 0.25) is 0 Å². The number of methoxy groups -OCH3 is 1. The van der Waals surface area contributed by atoms with Gasteiger partial charge in [0, 0.05) is 12.6 Å². The molecule has 3 nitrogen and oxygen atoms in total. The number of likely N-dealkylation sites (tertiary alicyclic amines) is 1. The Labute approximate surface area is 137 Å². The molecule has 1 aromatic carbocycles. The third kappa shape index (κ3) is 3.99. The minimum Gasteiger partial charge on any atom is -0.496 e. The molecular weight excluding hydrogens is 328 g/mol. The van der Waals surface area contributed by atoms with Crippen molar-refractivity contribution in [2.24, 2.45) is 17.6 Å². The van der Waals surface area contributed by atoms with Crippen molar-refractivity contribution < 1.29 is 4.74 Å². The largest absolute Gasteiger partial charge is 0.496 e.